The van der Waals surface area contributed by atoms with E-state index < -0.39 is 5.54 Å². The standard InChI is InChI=1S/C23H26N4O/c1-23(2,25-22(28)20-17-12-24-13-18(17)20)21-16-10-6-7-11-19(16)27(26-21)14-15-8-4-3-5-9-15/h3-11,17-18,20,24H,12-14H2,1-2H3,(H,25,28). The lowest BCUT2D eigenvalue weighted by molar-refractivity contribution is -0.124. The van der Waals surface area contributed by atoms with Gasteiger partial charge in [-0.2, -0.15) is 5.10 Å². The van der Waals surface area contributed by atoms with E-state index in [1.807, 2.05) is 35.0 Å². The lowest BCUT2D eigenvalue weighted by Gasteiger charge is -2.25. The molecule has 144 valence electrons. The summed E-state index contributed by atoms with van der Waals surface area (Å²) in [7, 11) is 0. The van der Waals surface area contributed by atoms with Gasteiger partial charge in [0.05, 0.1) is 23.3 Å². The average Bonchev–Trinajstić information content (AvgIpc) is 3.01. The molecule has 28 heavy (non-hydrogen) atoms. The number of aromatic nitrogens is 2. The third kappa shape index (κ3) is 2.90. The predicted octanol–water partition coefficient (Wildman–Crippen LogP) is 2.90. The van der Waals surface area contributed by atoms with Crippen LogP contribution < -0.4 is 10.6 Å². The summed E-state index contributed by atoms with van der Waals surface area (Å²) in [5.74, 6) is 1.37. The van der Waals surface area contributed by atoms with Crippen LogP contribution in [0.1, 0.15) is 25.1 Å². The predicted molar refractivity (Wildman–Crippen MR) is 110 cm³/mol. The number of para-hydroxylation sites is 1. The van der Waals surface area contributed by atoms with E-state index in [0.717, 1.165) is 29.7 Å². The van der Waals surface area contributed by atoms with Crippen molar-refractivity contribution in [3.63, 3.8) is 0 Å². The second-order valence-corrected chi connectivity index (χ2v) is 8.63. The molecule has 2 fully saturated rings. The van der Waals surface area contributed by atoms with E-state index in [1.165, 1.54) is 5.56 Å². The Bertz CT molecular complexity index is 1010. The van der Waals surface area contributed by atoms with Crippen molar-refractivity contribution in [3.8, 4) is 0 Å². The second-order valence-electron chi connectivity index (χ2n) is 8.63. The highest BCUT2D eigenvalue weighted by Gasteiger charge is 2.57. The zero-order chi connectivity index (χ0) is 19.3. The SMILES string of the molecule is CC(C)(NC(=O)C1C2CNCC21)c1nn(Cc2ccccc2)c2ccccc12. The Morgan fingerprint density at radius 2 is 1.79 bits per heavy atom. The molecule has 2 heterocycles. The van der Waals surface area contributed by atoms with Crippen LogP contribution in [0.3, 0.4) is 0 Å². The molecule has 1 saturated heterocycles. The molecule has 0 bridgehead atoms. The molecule has 5 heteroatoms. The Hall–Kier alpha value is -2.66. The van der Waals surface area contributed by atoms with Crippen LogP contribution >= 0.6 is 0 Å². The minimum Gasteiger partial charge on any atom is -0.345 e. The zero-order valence-corrected chi connectivity index (χ0v) is 16.4. The van der Waals surface area contributed by atoms with E-state index in [1.54, 1.807) is 0 Å². The molecule has 1 aliphatic heterocycles. The minimum atomic E-state index is -0.525. The van der Waals surface area contributed by atoms with Gasteiger partial charge in [0.2, 0.25) is 5.91 Å². The van der Waals surface area contributed by atoms with Crippen molar-refractivity contribution in [1.29, 1.82) is 0 Å². The Morgan fingerprint density at radius 3 is 2.54 bits per heavy atom. The lowest BCUT2D eigenvalue weighted by atomic mass is 9.96. The first-order valence-corrected chi connectivity index (χ1v) is 10.1. The first kappa shape index (κ1) is 17.4. The molecule has 0 radical (unpaired) electrons. The third-order valence-corrected chi connectivity index (χ3v) is 6.26. The fourth-order valence-electron chi connectivity index (χ4n) is 4.72. The Labute approximate surface area is 165 Å². The Balaban J connectivity index is 1.45. The van der Waals surface area contributed by atoms with Gasteiger partial charge in [0.25, 0.3) is 0 Å². The van der Waals surface area contributed by atoms with Crippen molar-refractivity contribution in [2.24, 2.45) is 17.8 Å². The van der Waals surface area contributed by atoms with Gasteiger partial charge in [-0.1, -0.05) is 48.5 Å². The fourth-order valence-corrected chi connectivity index (χ4v) is 4.72. The highest BCUT2D eigenvalue weighted by molar-refractivity contribution is 5.86. The molecule has 3 aromatic rings. The van der Waals surface area contributed by atoms with E-state index in [0.29, 0.717) is 18.4 Å². The van der Waals surface area contributed by atoms with Gasteiger partial charge in [-0.25, -0.2) is 0 Å². The van der Waals surface area contributed by atoms with E-state index >= 15 is 0 Å². The average molecular weight is 374 g/mol. The number of carbonyl (C=O) groups is 1. The Kier molecular flexibility index (Phi) is 4.02. The summed E-state index contributed by atoms with van der Waals surface area (Å²) in [5.41, 5.74) is 2.71. The highest BCUT2D eigenvalue weighted by Crippen LogP contribution is 2.49. The summed E-state index contributed by atoms with van der Waals surface area (Å²) < 4.78 is 2.05. The lowest BCUT2D eigenvalue weighted by Crippen LogP contribution is -2.43. The van der Waals surface area contributed by atoms with Crippen molar-refractivity contribution in [1.82, 2.24) is 20.4 Å². The summed E-state index contributed by atoms with van der Waals surface area (Å²) in [5, 5.41) is 12.7. The normalized spacial score (nSPS) is 23.6. The van der Waals surface area contributed by atoms with Gasteiger partial charge in [-0.05, 0) is 50.4 Å². The van der Waals surface area contributed by atoms with Gasteiger partial charge in [0, 0.05) is 11.3 Å². The van der Waals surface area contributed by atoms with Crippen LogP contribution in [-0.2, 0) is 16.9 Å². The quantitative estimate of drug-likeness (QED) is 0.722. The van der Waals surface area contributed by atoms with Crippen LogP contribution in [0.2, 0.25) is 0 Å². The molecule has 1 aromatic heterocycles. The van der Waals surface area contributed by atoms with Crippen molar-refractivity contribution < 1.29 is 4.79 Å². The monoisotopic (exact) mass is 374 g/mol. The highest BCUT2D eigenvalue weighted by atomic mass is 16.2. The summed E-state index contributed by atoms with van der Waals surface area (Å²) in [4.78, 5) is 12.9. The summed E-state index contributed by atoms with van der Waals surface area (Å²) in [6.07, 6.45) is 0. The van der Waals surface area contributed by atoms with Crippen LogP contribution in [0, 0.1) is 17.8 Å². The number of hydrogen-bond acceptors (Lipinski definition) is 3. The van der Waals surface area contributed by atoms with Crippen LogP contribution in [0.25, 0.3) is 10.9 Å². The van der Waals surface area contributed by atoms with Crippen molar-refractivity contribution in [3.05, 3.63) is 65.9 Å². The molecular formula is C23H26N4O. The molecule has 2 aliphatic rings. The molecule has 2 N–H and O–H groups in total. The van der Waals surface area contributed by atoms with Gasteiger partial charge < -0.3 is 10.6 Å². The molecule has 2 aromatic carbocycles. The minimum absolute atomic E-state index is 0.165. The van der Waals surface area contributed by atoms with Crippen LogP contribution in [0.4, 0.5) is 0 Å². The molecule has 1 aliphatic carbocycles. The van der Waals surface area contributed by atoms with E-state index in [-0.39, 0.29) is 11.8 Å². The van der Waals surface area contributed by atoms with Gasteiger partial charge >= 0.3 is 0 Å². The fraction of sp³-hybridized carbons (Fsp3) is 0.391. The molecule has 5 nitrogen and oxygen atoms in total. The van der Waals surface area contributed by atoms with Crippen molar-refractivity contribution >= 4 is 16.8 Å². The second kappa shape index (κ2) is 6.45. The molecule has 1 saturated carbocycles. The van der Waals surface area contributed by atoms with Crippen molar-refractivity contribution in [2.45, 2.75) is 25.9 Å². The number of amides is 1. The number of nitrogens with zero attached hydrogens (tertiary/aromatic N) is 2. The number of nitrogens with one attached hydrogen (secondary N) is 2. The molecular weight excluding hydrogens is 348 g/mol. The maximum atomic E-state index is 12.9. The van der Waals surface area contributed by atoms with Crippen LogP contribution in [0.5, 0.6) is 0 Å². The topological polar surface area (TPSA) is 59.0 Å². The van der Waals surface area contributed by atoms with Gasteiger partial charge in [0.15, 0.2) is 0 Å². The number of fused-ring (bicyclic) bond motifs is 2. The Morgan fingerprint density at radius 1 is 1.11 bits per heavy atom. The third-order valence-electron chi connectivity index (χ3n) is 6.26. The van der Waals surface area contributed by atoms with Gasteiger partial charge in [-0.3, -0.25) is 9.48 Å². The van der Waals surface area contributed by atoms with Crippen LogP contribution in [0.15, 0.2) is 54.6 Å². The van der Waals surface area contributed by atoms with E-state index in [2.05, 4.69) is 48.7 Å². The summed E-state index contributed by atoms with van der Waals surface area (Å²) in [6, 6.07) is 18.6. The maximum Gasteiger partial charge on any atom is 0.224 e. The van der Waals surface area contributed by atoms with Gasteiger partial charge in [-0.15, -0.1) is 0 Å². The molecule has 1 amide bonds. The number of carbonyl (C=O) groups excluding carboxylic acids is 1. The number of piperidine rings is 1. The summed E-state index contributed by atoms with van der Waals surface area (Å²) >= 11 is 0. The largest absolute Gasteiger partial charge is 0.345 e. The van der Waals surface area contributed by atoms with Crippen LogP contribution in [-0.4, -0.2) is 28.8 Å². The number of hydrogen-bond donors (Lipinski definition) is 2. The smallest absolute Gasteiger partial charge is 0.224 e. The number of rotatable bonds is 5. The van der Waals surface area contributed by atoms with Gasteiger partial charge in [0.1, 0.15) is 0 Å². The summed E-state index contributed by atoms with van der Waals surface area (Å²) in [6.45, 7) is 6.77. The maximum absolute atomic E-state index is 12.9. The first-order valence-electron chi connectivity index (χ1n) is 10.1. The molecule has 5 rings (SSSR count). The molecule has 2 atom stereocenters. The number of benzene rings is 2. The first-order chi connectivity index (χ1) is 13.5. The van der Waals surface area contributed by atoms with Crippen molar-refractivity contribution in [2.75, 3.05) is 13.1 Å². The zero-order valence-electron chi connectivity index (χ0n) is 16.4. The molecule has 2 unspecified atom stereocenters. The van der Waals surface area contributed by atoms with E-state index in [4.69, 9.17) is 5.10 Å². The molecule has 0 spiro atoms. The van der Waals surface area contributed by atoms with E-state index in [9.17, 15) is 4.79 Å².